The average Bonchev–Trinajstić information content (AvgIpc) is 3.41. The molecule has 0 spiro atoms. The molecule has 7 heteroatoms. The van der Waals surface area contributed by atoms with E-state index < -0.39 is 0 Å². The lowest BCUT2D eigenvalue weighted by Gasteiger charge is -2.22. The Balaban J connectivity index is 1.75. The number of fused-ring (bicyclic) bond motifs is 1. The first kappa shape index (κ1) is 19.1. The number of hydrogen-bond acceptors (Lipinski definition) is 5. The number of benzene rings is 1. The summed E-state index contributed by atoms with van der Waals surface area (Å²) >= 11 is 1.57. The van der Waals surface area contributed by atoms with Crippen LogP contribution in [0.15, 0.2) is 18.2 Å². The minimum Gasteiger partial charge on any atom is -0.376 e. The van der Waals surface area contributed by atoms with Crippen molar-refractivity contribution < 1.29 is 9.53 Å². The molecule has 4 rings (SSSR count). The fraction of sp³-hybridized carbons (Fsp3) is 0.476. The number of hydrogen-bond donors (Lipinski definition) is 0. The second kappa shape index (κ2) is 7.64. The molecule has 1 unspecified atom stereocenters. The monoisotopic (exact) mass is 398 g/mol. The van der Waals surface area contributed by atoms with Crippen molar-refractivity contribution in [2.75, 3.05) is 18.1 Å². The summed E-state index contributed by atoms with van der Waals surface area (Å²) in [6, 6.07) is 6.05. The first-order valence-electron chi connectivity index (χ1n) is 9.82. The molecule has 1 fully saturated rings. The minimum atomic E-state index is -0.111. The summed E-state index contributed by atoms with van der Waals surface area (Å²) in [5.74, 6) is -0.111. The zero-order chi connectivity index (χ0) is 19.8. The number of anilines is 1. The average molecular weight is 399 g/mol. The van der Waals surface area contributed by atoms with Crippen molar-refractivity contribution in [1.29, 1.82) is 0 Å². The number of thiazole rings is 1. The molecule has 6 nitrogen and oxygen atoms in total. The third kappa shape index (κ3) is 3.44. The zero-order valence-corrected chi connectivity index (χ0v) is 17.7. The topological polar surface area (TPSA) is 60.2 Å². The fourth-order valence-electron chi connectivity index (χ4n) is 3.68. The van der Waals surface area contributed by atoms with Crippen LogP contribution in [0.25, 0.3) is 10.2 Å². The van der Waals surface area contributed by atoms with Gasteiger partial charge >= 0.3 is 0 Å². The van der Waals surface area contributed by atoms with Crippen LogP contribution in [0.2, 0.25) is 0 Å². The molecular formula is C21H26N4O2S. The number of carbonyl (C=O) groups excluding carboxylic acids is 1. The zero-order valence-electron chi connectivity index (χ0n) is 16.9. The maximum Gasteiger partial charge on any atom is 0.280 e. The Labute approximate surface area is 169 Å². The summed E-state index contributed by atoms with van der Waals surface area (Å²) in [4.78, 5) is 20.0. The number of amides is 1. The Bertz CT molecular complexity index is 978. The SMILES string of the molecule is CCn1nc(C(=O)N(CC2CCCO2)c2nc3c(C)ccc(C)c3s2)cc1C. The minimum absolute atomic E-state index is 0.0486. The second-order valence-corrected chi connectivity index (χ2v) is 8.39. The normalized spacial score (nSPS) is 16.8. The number of nitrogens with zero attached hydrogens (tertiary/aromatic N) is 4. The van der Waals surface area contributed by atoms with E-state index >= 15 is 0 Å². The maximum absolute atomic E-state index is 13.4. The Hall–Kier alpha value is -2.25. The van der Waals surface area contributed by atoms with Gasteiger partial charge in [-0.3, -0.25) is 14.4 Å². The fourth-order valence-corrected chi connectivity index (χ4v) is 4.80. The molecule has 148 valence electrons. The van der Waals surface area contributed by atoms with E-state index in [0.717, 1.165) is 52.6 Å². The van der Waals surface area contributed by atoms with Gasteiger partial charge in [0.25, 0.3) is 5.91 Å². The van der Waals surface area contributed by atoms with Crippen LogP contribution >= 0.6 is 11.3 Å². The smallest absolute Gasteiger partial charge is 0.280 e. The van der Waals surface area contributed by atoms with Gasteiger partial charge in [0.1, 0.15) is 0 Å². The molecule has 0 saturated carbocycles. The molecule has 1 amide bonds. The van der Waals surface area contributed by atoms with Gasteiger partial charge in [0.15, 0.2) is 10.8 Å². The van der Waals surface area contributed by atoms with E-state index in [0.29, 0.717) is 12.2 Å². The summed E-state index contributed by atoms with van der Waals surface area (Å²) in [5.41, 5.74) is 4.73. The summed E-state index contributed by atoms with van der Waals surface area (Å²) in [6.45, 7) is 10.2. The standard InChI is InChI=1S/C21H26N4O2S/c1-5-25-15(4)11-17(23-25)20(26)24(12-16-7-6-10-27-16)21-22-18-13(2)8-9-14(3)19(18)28-21/h8-9,11,16H,5-7,10,12H2,1-4H3. The first-order chi connectivity index (χ1) is 13.5. The van der Waals surface area contributed by atoms with Crippen molar-refractivity contribution in [3.05, 3.63) is 40.7 Å². The van der Waals surface area contributed by atoms with Crippen molar-refractivity contribution in [2.45, 2.75) is 53.2 Å². The highest BCUT2D eigenvalue weighted by Crippen LogP contribution is 2.34. The van der Waals surface area contributed by atoms with Gasteiger partial charge in [-0.15, -0.1) is 0 Å². The number of ether oxygens (including phenoxy) is 1. The van der Waals surface area contributed by atoms with Crippen LogP contribution in [-0.4, -0.2) is 39.9 Å². The molecule has 3 aromatic rings. The predicted octanol–water partition coefficient (Wildman–Crippen LogP) is 4.26. The molecule has 0 aliphatic carbocycles. The molecule has 1 atom stereocenters. The number of aryl methyl sites for hydroxylation is 4. The van der Waals surface area contributed by atoms with Gasteiger partial charge in [-0.05, 0) is 57.7 Å². The van der Waals surface area contributed by atoms with Gasteiger partial charge in [-0.2, -0.15) is 5.10 Å². The van der Waals surface area contributed by atoms with Gasteiger partial charge in [0.05, 0.1) is 22.9 Å². The van der Waals surface area contributed by atoms with Gasteiger partial charge < -0.3 is 4.74 Å². The lowest BCUT2D eigenvalue weighted by Crippen LogP contribution is -2.37. The molecule has 2 aromatic heterocycles. The van der Waals surface area contributed by atoms with Crippen molar-refractivity contribution in [3.8, 4) is 0 Å². The van der Waals surface area contributed by atoms with Crippen molar-refractivity contribution >= 4 is 32.6 Å². The van der Waals surface area contributed by atoms with E-state index in [9.17, 15) is 4.79 Å². The highest BCUT2D eigenvalue weighted by molar-refractivity contribution is 7.22. The largest absolute Gasteiger partial charge is 0.376 e. The molecule has 1 saturated heterocycles. The van der Waals surface area contributed by atoms with Crippen LogP contribution < -0.4 is 4.90 Å². The third-order valence-corrected chi connectivity index (χ3v) is 6.53. The number of carbonyl (C=O) groups is 1. The molecule has 0 N–H and O–H groups in total. The number of rotatable bonds is 5. The van der Waals surface area contributed by atoms with E-state index in [1.165, 1.54) is 5.56 Å². The van der Waals surface area contributed by atoms with Crippen LogP contribution in [0.4, 0.5) is 5.13 Å². The van der Waals surface area contributed by atoms with Crippen LogP contribution in [0.3, 0.4) is 0 Å². The van der Waals surface area contributed by atoms with Crippen LogP contribution in [0, 0.1) is 20.8 Å². The summed E-state index contributed by atoms with van der Waals surface area (Å²) in [5, 5.41) is 5.22. The Morgan fingerprint density at radius 1 is 1.32 bits per heavy atom. The summed E-state index contributed by atoms with van der Waals surface area (Å²) < 4.78 is 8.81. The van der Waals surface area contributed by atoms with E-state index in [1.807, 2.05) is 24.6 Å². The van der Waals surface area contributed by atoms with Gasteiger partial charge in [-0.25, -0.2) is 4.98 Å². The van der Waals surface area contributed by atoms with Crippen molar-refractivity contribution in [2.24, 2.45) is 0 Å². The maximum atomic E-state index is 13.4. The molecule has 1 aliphatic rings. The Kier molecular flexibility index (Phi) is 5.21. The molecule has 28 heavy (non-hydrogen) atoms. The molecular weight excluding hydrogens is 372 g/mol. The van der Waals surface area contributed by atoms with Crippen LogP contribution in [0.5, 0.6) is 0 Å². The van der Waals surface area contributed by atoms with E-state index in [4.69, 9.17) is 9.72 Å². The van der Waals surface area contributed by atoms with Crippen molar-refractivity contribution in [1.82, 2.24) is 14.8 Å². The molecule has 0 bridgehead atoms. The molecule has 3 heterocycles. The molecule has 1 aliphatic heterocycles. The molecule has 1 aromatic carbocycles. The Morgan fingerprint density at radius 2 is 2.11 bits per heavy atom. The van der Waals surface area contributed by atoms with Gasteiger partial charge in [0.2, 0.25) is 0 Å². The highest BCUT2D eigenvalue weighted by Gasteiger charge is 2.29. The van der Waals surface area contributed by atoms with Gasteiger partial charge in [0, 0.05) is 18.8 Å². The third-order valence-electron chi connectivity index (χ3n) is 5.32. The Morgan fingerprint density at radius 3 is 2.75 bits per heavy atom. The predicted molar refractivity (Wildman–Crippen MR) is 112 cm³/mol. The van der Waals surface area contributed by atoms with Crippen LogP contribution in [0.1, 0.15) is 47.1 Å². The van der Waals surface area contributed by atoms with E-state index in [-0.39, 0.29) is 12.0 Å². The lowest BCUT2D eigenvalue weighted by molar-refractivity contribution is 0.0912. The number of aromatic nitrogens is 3. The molecule has 0 radical (unpaired) electrons. The van der Waals surface area contributed by atoms with Crippen molar-refractivity contribution in [3.63, 3.8) is 0 Å². The summed E-state index contributed by atoms with van der Waals surface area (Å²) in [7, 11) is 0. The van der Waals surface area contributed by atoms with E-state index in [2.05, 4.69) is 31.1 Å². The van der Waals surface area contributed by atoms with Crippen LogP contribution in [-0.2, 0) is 11.3 Å². The quantitative estimate of drug-likeness (QED) is 0.644. The lowest BCUT2D eigenvalue weighted by atomic mass is 10.1. The van der Waals surface area contributed by atoms with Gasteiger partial charge in [-0.1, -0.05) is 23.5 Å². The van der Waals surface area contributed by atoms with E-state index in [1.54, 1.807) is 16.2 Å². The second-order valence-electron chi connectivity index (χ2n) is 7.41. The first-order valence-corrected chi connectivity index (χ1v) is 10.6. The summed E-state index contributed by atoms with van der Waals surface area (Å²) in [6.07, 6.45) is 2.05. The highest BCUT2D eigenvalue weighted by atomic mass is 32.1.